The van der Waals surface area contributed by atoms with Crippen LogP contribution in [0.25, 0.3) is 0 Å². The van der Waals surface area contributed by atoms with Gasteiger partial charge >= 0.3 is 0 Å². The van der Waals surface area contributed by atoms with Crippen molar-refractivity contribution in [2.75, 3.05) is 26.3 Å². The van der Waals surface area contributed by atoms with Gasteiger partial charge in [0.15, 0.2) is 0 Å². The van der Waals surface area contributed by atoms with Crippen molar-refractivity contribution in [3.8, 4) is 0 Å². The highest BCUT2D eigenvalue weighted by atomic mass is 16.5. The summed E-state index contributed by atoms with van der Waals surface area (Å²) in [5.41, 5.74) is 1.33. The minimum absolute atomic E-state index is 0.461. The molecule has 0 radical (unpaired) electrons. The average molecular weight is 206 g/mol. The molecule has 82 valence electrons. The van der Waals surface area contributed by atoms with Crippen LogP contribution < -0.4 is 10.6 Å². The Morgan fingerprint density at radius 1 is 1.33 bits per heavy atom. The molecule has 1 saturated heterocycles. The zero-order chi connectivity index (χ0) is 10.3. The van der Waals surface area contributed by atoms with Gasteiger partial charge in [-0.15, -0.1) is 0 Å². The normalized spacial score (nSPS) is 21.5. The third kappa shape index (κ3) is 3.63. The van der Waals surface area contributed by atoms with Crippen molar-refractivity contribution in [2.45, 2.75) is 12.6 Å². The molecule has 0 aliphatic carbocycles. The third-order valence-corrected chi connectivity index (χ3v) is 2.56. The molecule has 0 bridgehead atoms. The number of benzene rings is 1. The van der Waals surface area contributed by atoms with E-state index in [1.807, 2.05) is 6.07 Å². The maximum atomic E-state index is 5.38. The van der Waals surface area contributed by atoms with Crippen molar-refractivity contribution in [1.82, 2.24) is 10.6 Å². The van der Waals surface area contributed by atoms with E-state index in [0.717, 1.165) is 32.8 Å². The SMILES string of the molecule is c1ccc(CNC[C@@H]2COCCN2)cc1. The Labute approximate surface area is 90.8 Å². The van der Waals surface area contributed by atoms with E-state index in [0.29, 0.717) is 6.04 Å². The Morgan fingerprint density at radius 3 is 2.93 bits per heavy atom. The quantitative estimate of drug-likeness (QED) is 0.763. The summed E-state index contributed by atoms with van der Waals surface area (Å²) in [4.78, 5) is 0. The molecule has 1 aromatic carbocycles. The van der Waals surface area contributed by atoms with Crippen molar-refractivity contribution in [2.24, 2.45) is 0 Å². The molecule has 1 aliphatic rings. The van der Waals surface area contributed by atoms with Crippen LogP contribution in [-0.4, -0.2) is 32.3 Å². The number of hydrogen-bond donors (Lipinski definition) is 2. The summed E-state index contributed by atoms with van der Waals surface area (Å²) in [7, 11) is 0. The summed E-state index contributed by atoms with van der Waals surface area (Å²) >= 11 is 0. The van der Waals surface area contributed by atoms with Gasteiger partial charge in [0.1, 0.15) is 0 Å². The van der Waals surface area contributed by atoms with Crippen LogP contribution in [0.3, 0.4) is 0 Å². The summed E-state index contributed by atoms with van der Waals surface area (Å²) < 4.78 is 5.38. The Kier molecular flexibility index (Phi) is 4.14. The van der Waals surface area contributed by atoms with Gasteiger partial charge in [-0.25, -0.2) is 0 Å². The number of morpholine rings is 1. The first-order chi connectivity index (χ1) is 7.45. The van der Waals surface area contributed by atoms with Crippen molar-refractivity contribution in [1.29, 1.82) is 0 Å². The minimum Gasteiger partial charge on any atom is -0.378 e. The van der Waals surface area contributed by atoms with Gasteiger partial charge in [0.05, 0.1) is 13.2 Å². The lowest BCUT2D eigenvalue weighted by atomic mass is 10.2. The van der Waals surface area contributed by atoms with Crippen LogP contribution in [0.1, 0.15) is 5.56 Å². The maximum Gasteiger partial charge on any atom is 0.0632 e. The molecule has 3 nitrogen and oxygen atoms in total. The molecule has 1 heterocycles. The lowest BCUT2D eigenvalue weighted by molar-refractivity contribution is 0.0766. The summed E-state index contributed by atoms with van der Waals surface area (Å²) in [6.07, 6.45) is 0. The lowest BCUT2D eigenvalue weighted by Crippen LogP contribution is -2.47. The van der Waals surface area contributed by atoms with Gasteiger partial charge in [0.2, 0.25) is 0 Å². The first-order valence-corrected chi connectivity index (χ1v) is 5.51. The Hall–Kier alpha value is -0.900. The fourth-order valence-corrected chi connectivity index (χ4v) is 1.74. The van der Waals surface area contributed by atoms with Crippen LogP contribution in [0.5, 0.6) is 0 Å². The molecule has 0 unspecified atom stereocenters. The molecule has 1 fully saturated rings. The first kappa shape index (κ1) is 10.6. The molecule has 0 saturated carbocycles. The van der Waals surface area contributed by atoms with E-state index in [-0.39, 0.29) is 0 Å². The van der Waals surface area contributed by atoms with Crippen LogP contribution in [0.2, 0.25) is 0 Å². The zero-order valence-electron chi connectivity index (χ0n) is 8.91. The van der Waals surface area contributed by atoms with E-state index < -0.39 is 0 Å². The monoisotopic (exact) mass is 206 g/mol. The van der Waals surface area contributed by atoms with Crippen LogP contribution >= 0.6 is 0 Å². The molecule has 3 heteroatoms. The highest BCUT2D eigenvalue weighted by molar-refractivity contribution is 5.14. The Balaban J connectivity index is 1.66. The smallest absolute Gasteiger partial charge is 0.0632 e. The van der Waals surface area contributed by atoms with Gasteiger partial charge in [-0.05, 0) is 5.56 Å². The van der Waals surface area contributed by atoms with Crippen molar-refractivity contribution < 1.29 is 4.74 Å². The molecule has 0 spiro atoms. The Morgan fingerprint density at radius 2 is 2.20 bits per heavy atom. The van der Waals surface area contributed by atoms with Crippen LogP contribution in [-0.2, 0) is 11.3 Å². The number of rotatable bonds is 4. The second kappa shape index (κ2) is 5.85. The number of nitrogens with one attached hydrogen (secondary N) is 2. The second-order valence-corrected chi connectivity index (χ2v) is 3.84. The van der Waals surface area contributed by atoms with Gasteiger partial charge in [0.25, 0.3) is 0 Å². The van der Waals surface area contributed by atoms with Gasteiger partial charge < -0.3 is 15.4 Å². The predicted molar refractivity (Wildman–Crippen MR) is 60.8 cm³/mol. The molecule has 1 aliphatic heterocycles. The van der Waals surface area contributed by atoms with E-state index in [9.17, 15) is 0 Å². The summed E-state index contributed by atoms with van der Waals surface area (Å²) in [5, 5.41) is 6.85. The maximum absolute atomic E-state index is 5.38. The van der Waals surface area contributed by atoms with Gasteiger partial charge in [0, 0.05) is 25.7 Å². The number of ether oxygens (including phenoxy) is 1. The largest absolute Gasteiger partial charge is 0.378 e. The summed E-state index contributed by atoms with van der Waals surface area (Å²) in [6, 6.07) is 10.9. The summed E-state index contributed by atoms with van der Waals surface area (Å²) in [6.45, 7) is 4.53. The molecule has 1 atom stereocenters. The lowest BCUT2D eigenvalue weighted by Gasteiger charge is -2.24. The topological polar surface area (TPSA) is 33.3 Å². The van der Waals surface area contributed by atoms with E-state index in [4.69, 9.17) is 4.74 Å². The molecule has 0 aromatic heterocycles. The zero-order valence-corrected chi connectivity index (χ0v) is 8.91. The molecule has 15 heavy (non-hydrogen) atoms. The molecule has 0 amide bonds. The van der Waals surface area contributed by atoms with Crippen molar-refractivity contribution >= 4 is 0 Å². The molecule has 2 N–H and O–H groups in total. The third-order valence-electron chi connectivity index (χ3n) is 2.56. The molecule has 2 rings (SSSR count). The summed E-state index contributed by atoms with van der Waals surface area (Å²) in [5.74, 6) is 0. The average Bonchev–Trinajstić information content (AvgIpc) is 2.32. The molecular formula is C12H18N2O. The molecule has 1 aromatic rings. The van der Waals surface area contributed by atoms with Gasteiger partial charge in [-0.1, -0.05) is 30.3 Å². The fraction of sp³-hybridized carbons (Fsp3) is 0.500. The van der Waals surface area contributed by atoms with E-state index in [2.05, 4.69) is 34.9 Å². The Bertz CT molecular complexity index is 270. The minimum atomic E-state index is 0.461. The van der Waals surface area contributed by atoms with Crippen LogP contribution in [0.15, 0.2) is 30.3 Å². The first-order valence-electron chi connectivity index (χ1n) is 5.51. The predicted octanol–water partition coefficient (Wildman–Crippen LogP) is 0.765. The second-order valence-electron chi connectivity index (χ2n) is 3.84. The van der Waals surface area contributed by atoms with E-state index in [1.165, 1.54) is 5.56 Å². The van der Waals surface area contributed by atoms with Crippen molar-refractivity contribution in [3.63, 3.8) is 0 Å². The van der Waals surface area contributed by atoms with Gasteiger partial charge in [-0.2, -0.15) is 0 Å². The van der Waals surface area contributed by atoms with Crippen molar-refractivity contribution in [3.05, 3.63) is 35.9 Å². The highest BCUT2D eigenvalue weighted by Crippen LogP contribution is 1.97. The molecular weight excluding hydrogens is 188 g/mol. The van der Waals surface area contributed by atoms with E-state index >= 15 is 0 Å². The highest BCUT2D eigenvalue weighted by Gasteiger charge is 2.11. The fourth-order valence-electron chi connectivity index (χ4n) is 1.74. The van der Waals surface area contributed by atoms with Gasteiger partial charge in [-0.3, -0.25) is 0 Å². The standard InChI is InChI=1S/C12H18N2O/c1-2-4-11(5-3-1)8-13-9-12-10-15-7-6-14-12/h1-5,12-14H,6-10H2/t12-/m1/s1. The van der Waals surface area contributed by atoms with Crippen LogP contribution in [0, 0.1) is 0 Å². The van der Waals surface area contributed by atoms with Crippen LogP contribution in [0.4, 0.5) is 0 Å². The van der Waals surface area contributed by atoms with E-state index in [1.54, 1.807) is 0 Å². The number of hydrogen-bond acceptors (Lipinski definition) is 3.